The molecule has 1 aliphatic rings. The first-order chi connectivity index (χ1) is 18.8. The van der Waals surface area contributed by atoms with Crippen molar-refractivity contribution in [3.63, 3.8) is 0 Å². The second-order valence-electron chi connectivity index (χ2n) is 10.6. The van der Waals surface area contributed by atoms with Crippen molar-refractivity contribution in [2.24, 2.45) is 0 Å². The number of benzene rings is 2. The molecule has 1 aromatic heterocycles. The number of aromatic nitrogens is 2. The molecule has 1 aliphatic carbocycles. The number of halogens is 1. The summed E-state index contributed by atoms with van der Waals surface area (Å²) in [6.07, 6.45) is 9.09. The third kappa shape index (κ3) is 7.14. The lowest BCUT2D eigenvalue weighted by Crippen LogP contribution is -2.42. The van der Waals surface area contributed by atoms with Crippen LogP contribution >= 0.6 is 11.6 Å². The maximum absolute atomic E-state index is 13.3. The third-order valence-corrected chi connectivity index (χ3v) is 8.24. The van der Waals surface area contributed by atoms with Crippen LogP contribution in [0.5, 0.6) is 5.75 Å². The molecule has 39 heavy (non-hydrogen) atoms. The molecular formula is C31H42ClN5O2. The number of amides is 1. The Hall–Kier alpha value is -3.03. The Bertz CT molecular complexity index is 1230. The predicted octanol–water partition coefficient (Wildman–Crippen LogP) is 5.57. The van der Waals surface area contributed by atoms with Crippen LogP contribution in [0.1, 0.15) is 59.9 Å². The zero-order valence-electron chi connectivity index (χ0n) is 23.9. The Balaban J connectivity index is 1.40. The summed E-state index contributed by atoms with van der Waals surface area (Å²) in [6, 6.07) is 12.9. The van der Waals surface area contributed by atoms with Crippen LogP contribution in [-0.4, -0.2) is 66.7 Å². The zero-order chi connectivity index (χ0) is 27.9. The number of rotatable bonds is 11. The highest BCUT2D eigenvalue weighted by Gasteiger charge is 2.28. The second-order valence-corrected chi connectivity index (χ2v) is 11.1. The maximum atomic E-state index is 13.3. The molecule has 2 aromatic carbocycles. The van der Waals surface area contributed by atoms with Gasteiger partial charge >= 0.3 is 0 Å². The summed E-state index contributed by atoms with van der Waals surface area (Å²) in [6.45, 7) is 6.32. The average molecular weight is 552 g/mol. The fraction of sp³-hybridized carbons (Fsp3) is 0.484. The number of hydrogen-bond donors (Lipinski definition) is 1. The number of carbonyl (C=O) groups is 1. The monoisotopic (exact) mass is 551 g/mol. The van der Waals surface area contributed by atoms with Gasteiger partial charge in [0.05, 0.1) is 7.11 Å². The number of nitrogens with zero attached hydrogens (tertiary/aromatic N) is 4. The summed E-state index contributed by atoms with van der Waals surface area (Å²) in [4.78, 5) is 22.6. The van der Waals surface area contributed by atoms with E-state index in [2.05, 4.69) is 57.8 Å². The SMILES string of the molecule is CCN(c1cc(Cl)cc(C(=O)NCCc2nccn2Cc2ccc(OC)cc2)c1C)[C@H]1CC[C@H](N(C)C)CC1. The molecule has 1 fully saturated rings. The van der Waals surface area contributed by atoms with E-state index in [9.17, 15) is 4.79 Å². The van der Waals surface area contributed by atoms with Crippen molar-refractivity contribution >= 4 is 23.2 Å². The first-order valence-electron chi connectivity index (χ1n) is 13.9. The van der Waals surface area contributed by atoms with Crippen molar-refractivity contribution in [1.82, 2.24) is 19.8 Å². The second kappa shape index (κ2) is 13.4. The third-order valence-electron chi connectivity index (χ3n) is 8.02. The van der Waals surface area contributed by atoms with E-state index >= 15 is 0 Å². The van der Waals surface area contributed by atoms with Crippen LogP contribution in [0.25, 0.3) is 0 Å². The molecule has 0 unspecified atom stereocenters. The smallest absolute Gasteiger partial charge is 0.251 e. The Morgan fingerprint density at radius 2 is 1.82 bits per heavy atom. The lowest BCUT2D eigenvalue weighted by atomic mass is 9.89. The van der Waals surface area contributed by atoms with Crippen molar-refractivity contribution in [3.05, 3.63) is 76.3 Å². The number of nitrogens with one attached hydrogen (secondary N) is 1. The molecule has 0 radical (unpaired) electrons. The summed E-state index contributed by atoms with van der Waals surface area (Å²) < 4.78 is 7.37. The van der Waals surface area contributed by atoms with Crippen molar-refractivity contribution < 1.29 is 9.53 Å². The molecule has 4 rings (SSSR count). The molecule has 210 valence electrons. The van der Waals surface area contributed by atoms with Gasteiger partial charge in [0.2, 0.25) is 0 Å². The van der Waals surface area contributed by atoms with Gasteiger partial charge in [-0.15, -0.1) is 0 Å². The van der Waals surface area contributed by atoms with E-state index in [-0.39, 0.29) is 5.91 Å². The Morgan fingerprint density at radius 1 is 1.13 bits per heavy atom. The van der Waals surface area contributed by atoms with Crippen LogP contribution in [0.2, 0.25) is 5.02 Å². The number of imidazole rings is 1. The molecule has 0 atom stereocenters. The van der Waals surface area contributed by atoms with E-state index in [4.69, 9.17) is 16.3 Å². The highest BCUT2D eigenvalue weighted by atomic mass is 35.5. The van der Waals surface area contributed by atoms with Crippen LogP contribution in [0.3, 0.4) is 0 Å². The van der Waals surface area contributed by atoms with Crippen molar-refractivity contribution in [3.8, 4) is 5.75 Å². The summed E-state index contributed by atoms with van der Waals surface area (Å²) in [7, 11) is 6.01. The molecular weight excluding hydrogens is 510 g/mol. The topological polar surface area (TPSA) is 62.6 Å². The first-order valence-corrected chi connectivity index (χ1v) is 14.3. The number of methoxy groups -OCH3 is 1. The van der Waals surface area contributed by atoms with Gasteiger partial charge in [-0.3, -0.25) is 4.79 Å². The highest BCUT2D eigenvalue weighted by molar-refractivity contribution is 6.31. The van der Waals surface area contributed by atoms with Crippen molar-refractivity contribution in [2.75, 3.05) is 39.2 Å². The van der Waals surface area contributed by atoms with E-state index in [0.717, 1.165) is 47.8 Å². The van der Waals surface area contributed by atoms with Crippen LogP contribution in [0.4, 0.5) is 5.69 Å². The van der Waals surface area contributed by atoms with Gasteiger partial charge < -0.3 is 24.4 Å². The van der Waals surface area contributed by atoms with Crippen LogP contribution in [0, 0.1) is 6.92 Å². The van der Waals surface area contributed by atoms with Gasteiger partial charge in [-0.05, 0) is 89.0 Å². The van der Waals surface area contributed by atoms with Gasteiger partial charge in [-0.1, -0.05) is 23.7 Å². The molecule has 1 amide bonds. The zero-order valence-corrected chi connectivity index (χ0v) is 24.7. The van der Waals surface area contributed by atoms with E-state index in [1.165, 1.54) is 12.8 Å². The fourth-order valence-electron chi connectivity index (χ4n) is 5.73. The standard InChI is InChI=1S/C31H42ClN5O2/c1-6-37(26-11-9-25(10-12-26)35(3)4)29-20-24(32)19-28(22(29)2)31(38)34-16-15-30-33-17-18-36(30)21-23-7-13-27(39-5)14-8-23/h7-8,13-14,17-20,25-26H,6,9-12,15-16,21H2,1-5H3,(H,34,38)/t25-,26-. The summed E-state index contributed by atoms with van der Waals surface area (Å²) in [5.74, 6) is 1.67. The fourth-order valence-corrected chi connectivity index (χ4v) is 5.95. The van der Waals surface area contributed by atoms with E-state index < -0.39 is 0 Å². The molecule has 0 saturated heterocycles. The van der Waals surface area contributed by atoms with E-state index in [1.807, 2.05) is 31.3 Å². The van der Waals surface area contributed by atoms with E-state index in [0.29, 0.717) is 42.2 Å². The van der Waals surface area contributed by atoms with E-state index in [1.54, 1.807) is 19.4 Å². The van der Waals surface area contributed by atoms with Crippen LogP contribution in [0.15, 0.2) is 48.8 Å². The van der Waals surface area contributed by atoms with Crippen LogP contribution < -0.4 is 15.0 Å². The van der Waals surface area contributed by atoms with Gasteiger partial charge in [-0.25, -0.2) is 4.98 Å². The molecule has 7 nitrogen and oxygen atoms in total. The summed E-state index contributed by atoms with van der Waals surface area (Å²) >= 11 is 6.57. The molecule has 1 heterocycles. The molecule has 1 saturated carbocycles. The largest absolute Gasteiger partial charge is 0.497 e. The van der Waals surface area contributed by atoms with Crippen molar-refractivity contribution in [2.45, 2.75) is 64.6 Å². The Morgan fingerprint density at radius 3 is 2.46 bits per heavy atom. The normalized spacial score (nSPS) is 17.3. The number of anilines is 1. The predicted molar refractivity (Wildman–Crippen MR) is 159 cm³/mol. The minimum Gasteiger partial charge on any atom is -0.497 e. The molecule has 3 aromatic rings. The number of carbonyl (C=O) groups excluding carboxylic acids is 1. The Kier molecular flexibility index (Phi) is 9.92. The van der Waals surface area contributed by atoms with Gasteiger partial charge in [0.1, 0.15) is 11.6 Å². The quantitative estimate of drug-likeness (QED) is 0.337. The Labute approximate surface area is 238 Å². The van der Waals surface area contributed by atoms with Gasteiger partial charge in [0.25, 0.3) is 5.91 Å². The lowest BCUT2D eigenvalue weighted by molar-refractivity contribution is 0.0953. The number of hydrogen-bond acceptors (Lipinski definition) is 5. The highest BCUT2D eigenvalue weighted by Crippen LogP contribution is 2.34. The first kappa shape index (κ1) is 29.0. The van der Waals surface area contributed by atoms with Crippen molar-refractivity contribution in [1.29, 1.82) is 0 Å². The molecule has 8 heteroatoms. The minimum absolute atomic E-state index is 0.100. The van der Waals surface area contributed by atoms with Gasteiger partial charge in [0.15, 0.2) is 0 Å². The van der Waals surface area contributed by atoms with Gasteiger partial charge in [0, 0.05) is 66.8 Å². The van der Waals surface area contributed by atoms with Crippen LogP contribution in [-0.2, 0) is 13.0 Å². The minimum atomic E-state index is -0.100. The van der Waals surface area contributed by atoms with Gasteiger partial charge in [-0.2, -0.15) is 0 Å². The molecule has 0 bridgehead atoms. The number of ether oxygens (including phenoxy) is 1. The summed E-state index contributed by atoms with van der Waals surface area (Å²) in [5.41, 5.74) is 3.85. The molecule has 1 N–H and O–H groups in total. The molecule has 0 spiro atoms. The lowest BCUT2D eigenvalue weighted by Gasteiger charge is -2.40. The molecule has 0 aliphatic heterocycles. The summed E-state index contributed by atoms with van der Waals surface area (Å²) in [5, 5.41) is 3.70. The average Bonchev–Trinajstić information content (AvgIpc) is 3.38. The maximum Gasteiger partial charge on any atom is 0.251 e.